The second kappa shape index (κ2) is 6.34. The van der Waals surface area contributed by atoms with E-state index in [9.17, 15) is 14.7 Å². The van der Waals surface area contributed by atoms with E-state index in [2.05, 4.69) is 6.92 Å². The third kappa shape index (κ3) is 2.47. The Morgan fingerprint density at radius 2 is 2.00 bits per heavy atom. The zero-order valence-electron chi connectivity index (χ0n) is 16.0. The molecule has 1 N–H and O–H groups in total. The maximum absolute atomic E-state index is 12.9. The molecule has 0 radical (unpaired) electrons. The van der Waals surface area contributed by atoms with Crippen LogP contribution in [0.3, 0.4) is 0 Å². The molecule has 0 saturated carbocycles. The van der Waals surface area contributed by atoms with Crippen LogP contribution in [0.15, 0.2) is 59.9 Å². The largest absolute Gasteiger partial charge is 0.508 e. The fraction of sp³-hybridized carbons (Fsp3) is 0.250. The molecule has 1 atom stereocenters. The van der Waals surface area contributed by atoms with Crippen LogP contribution in [0.2, 0.25) is 0 Å². The fourth-order valence-electron chi connectivity index (χ4n) is 4.55. The number of phenolic OH excluding ortho intramolecular Hbond substituents is 1. The molecule has 1 spiro atoms. The van der Waals surface area contributed by atoms with Crippen LogP contribution >= 0.6 is 0 Å². The molecule has 2 heterocycles. The van der Waals surface area contributed by atoms with E-state index in [1.54, 1.807) is 18.2 Å². The van der Waals surface area contributed by atoms with E-state index in [-0.39, 0.29) is 18.0 Å². The lowest BCUT2D eigenvalue weighted by atomic mass is 9.73. The van der Waals surface area contributed by atoms with Gasteiger partial charge in [0.15, 0.2) is 11.4 Å². The molecular formula is C24H20O5. The van der Waals surface area contributed by atoms with Gasteiger partial charge in [-0.25, -0.2) is 4.79 Å². The average Bonchev–Trinajstić information content (AvgIpc) is 2.99. The van der Waals surface area contributed by atoms with Gasteiger partial charge in [-0.05, 0) is 30.5 Å². The number of hydrogen-bond donors (Lipinski definition) is 1. The number of benzene rings is 2. The van der Waals surface area contributed by atoms with Crippen LogP contribution in [-0.4, -0.2) is 16.9 Å². The van der Waals surface area contributed by atoms with Crippen LogP contribution in [0.5, 0.6) is 11.5 Å². The van der Waals surface area contributed by atoms with Crippen molar-refractivity contribution in [2.24, 2.45) is 0 Å². The fourth-order valence-corrected chi connectivity index (χ4v) is 4.55. The number of esters is 1. The van der Waals surface area contributed by atoms with Crippen molar-refractivity contribution in [3.8, 4) is 11.5 Å². The predicted molar refractivity (Wildman–Crippen MR) is 106 cm³/mol. The van der Waals surface area contributed by atoms with E-state index in [1.165, 1.54) is 12.1 Å². The van der Waals surface area contributed by atoms with Gasteiger partial charge in [-0.15, -0.1) is 0 Å². The molecule has 2 aromatic carbocycles. The highest BCUT2D eigenvalue weighted by atomic mass is 16.6. The van der Waals surface area contributed by atoms with Gasteiger partial charge < -0.3 is 14.6 Å². The van der Waals surface area contributed by atoms with Gasteiger partial charge in [0.1, 0.15) is 17.3 Å². The summed E-state index contributed by atoms with van der Waals surface area (Å²) in [6.45, 7) is 2.10. The molecule has 5 heteroatoms. The maximum atomic E-state index is 12.9. The summed E-state index contributed by atoms with van der Waals surface area (Å²) in [5.41, 5.74) is 2.36. The molecule has 29 heavy (non-hydrogen) atoms. The Morgan fingerprint density at radius 1 is 1.17 bits per heavy atom. The second-order valence-electron chi connectivity index (χ2n) is 7.60. The van der Waals surface area contributed by atoms with Crippen molar-refractivity contribution in [2.45, 2.75) is 38.2 Å². The number of aryl methyl sites for hydroxylation is 1. The number of aromatic hydroxyl groups is 1. The van der Waals surface area contributed by atoms with Crippen LogP contribution in [0.4, 0.5) is 0 Å². The number of carbonyl (C=O) groups is 2. The van der Waals surface area contributed by atoms with Crippen LogP contribution in [0.25, 0.3) is 0 Å². The molecule has 5 nitrogen and oxygen atoms in total. The molecule has 0 fully saturated rings. The summed E-state index contributed by atoms with van der Waals surface area (Å²) in [4.78, 5) is 24.9. The minimum absolute atomic E-state index is 0.0775. The average molecular weight is 388 g/mol. The number of ketones is 1. The number of rotatable bonds is 3. The van der Waals surface area contributed by atoms with E-state index < -0.39 is 11.6 Å². The zero-order valence-corrected chi connectivity index (χ0v) is 16.0. The molecule has 146 valence electrons. The molecule has 0 bridgehead atoms. The van der Waals surface area contributed by atoms with Crippen LogP contribution < -0.4 is 4.74 Å². The van der Waals surface area contributed by atoms with E-state index in [0.29, 0.717) is 29.1 Å². The van der Waals surface area contributed by atoms with Gasteiger partial charge in [-0.1, -0.05) is 37.6 Å². The summed E-state index contributed by atoms with van der Waals surface area (Å²) in [6.07, 6.45) is 6.08. The van der Waals surface area contributed by atoms with Gasteiger partial charge in [-0.2, -0.15) is 0 Å². The molecular weight excluding hydrogens is 368 g/mol. The first-order valence-electron chi connectivity index (χ1n) is 9.87. The summed E-state index contributed by atoms with van der Waals surface area (Å²) in [5.74, 6) is 0.383. The van der Waals surface area contributed by atoms with Gasteiger partial charge in [0.25, 0.3) is 0 Å². The standard InChI is InChI=1S/C24H20O5/c1-2-3-6-14-11-16(26)13-21-22(14)24(19-10-9-15(25)12-20(19)28-21)18-8-5-4-7-17(18)23(27)29-24/h4-5,7-8,10-13,26H,2-3,6,9H2,1H3. The lowest BCUT2D eigenvalue weighted by Gasteiger charge is -2.40. The Bertz CT molecular complexity index is 1120. The molecule has 0 saturated heterocycles. The Labute approximate surface area is 168 Å². The van der Waals surface area contributed by atoms with E-state index in [4.69, 9.17) is 9.47 Å². The summed E-state index contributed by atoms with van der Waals surface area (Å²) in [7, 11) is 0. The van der Waals surface area contributed by atoms with Crippen molar-refractivity contribution in [1.82, 2.24) is 0 Å². The number of hydrogen-bond acceptors (Lipinski definition) is 5. The van der Waals surface area contributed by atoms with Gasteiger partial charge in [0.2, 0.25) is 0 Å². The predicted octanol–water partition coefficient (Wildman–Crippen LogP) is 4.32. The van der Waals surface area contributed by atoms with E-state index in [0.717, 1.165) is 29.5 Å². The van der Waals surface area contributed by atoms with Gasteiger partial charge in [0, 0.05) is 29.7 Å². The van der Waals surface area contributed by atoms with Crippen LogP contribution in [0.1, 0.15) is 53.2 Å². The summed E-state index contributed by atoms with van der Waals surface area (Å²) in [5, 5.41) is 10.3. The number of unbranched alkanes of at least 4 members (excludes halogenated alkanes) is 1. The number of carbonyl (C=O) groups excluding carboxylic acids is 2. The normalized spacial score (nSPS) is 21.6. The lowest BCUT2D eigenvalue weighted by Crippen LogP contribution is -2.38. The van der Waals surface area contributed by atoms with Crippen molar-refractivity contribution < 1.29 is 24.2 Å². The highest BCUT2D eigenvalue weighted by Crippen LogP contribution is 2.57. The Hall–Kier alpha value is -3.34. The molecule has 1 unspecified atom stereocenters. The Balaban J connectivity index is 1.86. The smallest absolute Gasteiger partial charge is 0.340 e. The molecule has 2 aliphatic heterocycles. The first kappa shape index (κ1) is 17.7. The number of allylic oxidation sites excluding steroid dienone is 2. The molecule has 3 aliphatic rings. The summed E-state index contributed by atoms with van der Waals surface area (Å²) < 4.78 is 12.2. The van der Waals surface area contributed by atoms with Gasteiger partial charge in [-0.3, -0.25) is 4.79 Å². The van der Waals surface area contributed by atoms with Crippen LogP contribution in [-0.2, 0) is 21.6 Å². The molecule has 0 aromatic heterocycles. The molecule has 2 aromatic rings. The highest BCUT2D eigenvalue weighted by molar-refractivity contribution is 5.99. The topological polar surface area (TPSA) is 72.8 Å². The third-order valence-electron chi connectivity index (χ3n) is 5.76. The molecule has 5 rings (SSSR count). The van der Waals surface area contributed by atoms with Crippen molar-refractivity contribution >= 4 is 11.8 Å². The molecule has 1 aliphatic carbocycles. The van der Waals surface area contributed by atoms with E-state index in [1.807, 2.05) is 18.2 Å². The number of phenols is 1. The van der Waals surface area contributed by atoms with Crippen molar-refractivity contribution in [3.63, 3.8) is 0 Å². The quantitative estimate of drug-likeness (QED) is 0.793. The minimum atomic E-state index is -1.18. The highest BCUT2D eigenvalue weighted by Gasteiger charge is 2.56. The maximum Gasteiger partial charge on any atom is 0.340 e. The monoisotopic (exact) mass is 388 g/mol. The zero-order chi connectivity index (χ0) is 20.2. The number of fused-ring (bicyclic) bond motifs is 6. The van der Waals surface area contributed by atoms with E-state index >= 15 is 0 Å². The lowest BCUT2D eigenvalue weighted by molar-refractivity contribution is -0.114. The first-order valence-corrected chi connectivity index (χ1v) is 9.87. The first-order chi connectivity index (χ1) is 14.0. The van der Waals surface area contributed by atoms with Gasteiger partial charge in [0.05, 0.1) is 11.1 Å². The van der Waals surface area contributed by atoms with Gasteiger partial charge >= 0.3 is 5.97 Å². The number of ether oxygens (including phenoxy) is 2. The second-order valence-corrected chi connectivity index (χ2v) is 7.60. The van der Waals surface area contributed by atoms with Crippen molar-refractivity contribution in [2.75, 3.05) is 0 Å². The minimum Gasteiger partial charge on any atom is -0.508 e. The molecule has 0 amide bonds. The SMILES string of the molecule is CCCCc1cc(O)cc2c1C1(OC(=O)c3ccccc31)C1=CCC(=O)C=C1O2. The summed E-state index contributed by atoms with van der Waals surface area (Å²) >= 11 is 0. The Morgan fingerprint density at radius 3 is 2.83 bits per heavy atom. The van der Waals surface area contributed by atoms with Crippen LogP contribution in [0, 0.1) is 0 Å². The van der Waals surface area contributed by atoms with Crippen molar-refractivity contribution in [1.29, 1.82) is 0 Å². The third-order valence-corrected chi connectivity index (χ3v) is 5.76. The Kier molecular flexibility index (Phi) is 3.88. The summed E-state index contributed by atoms with van der Waals surface area (Å²) in [6, 6.07) is 10.6. The van der Waals surface area contributed by atoms with Crippen molar-refractivity contribution in [3.05, 3.63) is 82.1 Å².